The van der Waals surface area contributed by atoms with Crippen LogP contribution in [0.2, 0.25) is 0 Å². The van der Waals surface area contributed by atoms with Crippen molar-refractivity contribution in [1.82, 2.24) is 5.32 Å². The molecule has 0 saturated carbocycles. The van der Waals surface area contributed by atoms with Crippen LogP contribution >= 0.6 is 0 Å². The highest BCUT2D eigenvalue weighted by molar-refractivity contribution is 5.42. The number of hydrogen-bond donors (Lipinski definition) is 1. The summed E-state index contributed by atoms with van der Waals surface area (Å²) in [6.07, 6.45) is 1.73. The summed E-state index contributed by atoms with van der Waals surface area (Å²) >= 11 is 0. The highest BCUT2D eigenvalue weighted by atomic mass is 16.5. The van der Waals surface area contributed by atoms with Crippen molar-refractivity contribution in [3.05, 3.63) is 52.5 Å². The average molecular weight is 287 g/mol. The van der Waals surface area contributed by atoms with Gasteiger partial charge in [-0.05, 0) is 49.6 Å². The van der Waals surface area contributed by atoms with Gasteiger partial charge in [-0.2, -0.15) is 0 Å². The molecule has 3 heteroatoms. The van der Waals surface area contributed by atoms with Crippen LogP contribution in [0.5, 0.6) is 5.75 Å². The van der Waals surface area contributed by atoms with E-state index in [0.29, 0.717) is 12.6 Å². The first-order chi connectivity index (χ1) is 9.97. The predicted molar refractivity (Wildman–Crippen MR) is 85.7 cm³/mol. The van der Waals surface area contributed by atoms with Gasteiger partial charge in [0.2, 0.25) is 0 Å². The van der Waals surface area contributed by atoms with E-state index < -0.39 is 0 Å². The first-order valence-electron chi connectivity index (χ1n) is 7.46. The summed E-state index contributed by atoms with van der Waals surface area (Å²) in [6, 6.07) is 6.71. The molecule has 0 bridgehead atoms. The Morgan fingerprint density at radius 1 is 1.19 bits per heavy atom. The zero-order valence-corrected chi connectivity index (χ0v) is 13.6. The Morgan fingerprint density at radius 3 is 2.67 bits per heavy atom. The average Bonchev–Trinajstić information content (AvgIpc) is 2.86. The highest BCUT2D eigenvalue weighted by Crippen LogP contribution is 2.24. The zero-order valence-electron chi connectivity index (χ0n) is 13.6. The number of benzene rings is 1. The summed E-state index contributed by atoms with van der Waals surface area (Å²) < 4.78 is 11.5. The standard InChI is InChI=1S/C18H25NO2/c1-12(2)19-10-16-6-7-20-18(16)11-21-17-9-13(3)8-14(4)15(17)5/h6-9,12,19H,10-11H2,1-5H3. The molecule has 2 aromatic rings. The topological polar surface area (TPSA) is 34.4 Å². The second-order valence-corrected chi connectivity index (χ2v) is 5.90. The quantitative estimate of drug-likeness (QED) is 0.861. The number of furan rings is 1. The lowest BCUT2D eigenvalue weighted by atomic mass is 10.1. The molecule has 2 rings (SSSR count). The van der Waals surface area contributed by atoms with E-state index in [1.807, 2.05) is 6.07 Å². The first kappa shape index (κ1) is 15.6. The number of nitrogens with one attached hydrogen (secondary N) is 1. The predicted octanol–water partition coefficient (Wildman–Crippen LogP) is 4.28. The van der Waals surface area contributed by atoms with E-state index >= 15 is 0 Å². The van der Waals surface area contributed by atoms with Gasteiger partial charge in [-0.1, -0.05) is 19.9 Å². The highest BCUT2D eigenvalue weighted by Gasteiger charge is 2.10. The third-order valence-corrected chi connectivity index (χ3v) is 3.66. The van der Waals surface area contributed by atoms with Gasteiger partial charge in [0.25, 0.3) is 0 Å². The summed E-state index contributed by atoms with van der Waals surface area (Å²) in [5.41, 5.74) is 4.82. The van der Waals surface area contributed by atoms with E-state index in [2.05, 4.69) is 52.1 Å². The summed E-state index contributed by atoms with van der Waals surface area (Å²) in [7, 11) is 0. The summed E-state index contributed by atoms with van der Waals surface area (Å²) in [5.74, 6) is 1.83. The van der Waals surface area contributed by atoms with Gasteiger partial charge in [0, 0.05) is 18.2 Å². The van der Waals surface area contributed by atoms with Gasteiger partial charge in [-0.3, -0.25) is 0 Å². The normalized spacial score (nSPS) is 11.1. The van der Waals surface area contributed by atoms with Crippen molar-refractivity contribution in [2.75, 3.05) is 0 Å². The second-order valence-electron chi connectivity index (χ2n) is 5.90. The maximum atomic E-state index is 5.97. The van der Waals surface area contributed by atoms with Crippen LogP contribution in [0.3, 0.4) is 0 Å². The third-order valence-electron chi connectivity index (χ3n) is 3.66. The SMILES string of the molecule is Cc1cc(C)c(C)c(OCc2occc2CNC(C)C)c1. The minimum atomic E-state index is 0.454. The van der Waals surface area contributed by atoms with Crippen LogP contribution in [-0.4, -0.2) is 6.04 Å². The molecule has 0 fully saturated rings. The van der Waals surface area contributed by atoms with Gasteiger partial charge in [0.15, 0.2) is 0 Å². The van der Waals surface area contributed by atoms with Gasteiger partial charge < -0.3 is 14.5 Å². The Morgan fingerprint density at radius 2 is 1.95 bits per heavy atom. The molecule has 0 saturated heterocycles. The number of aryl methyl sites for hydroxylation is 2. The maximum absolute atomic E-state index is 5.97. The lowest BCUT2D eigenvalue weighted by Gasteiger charge is -2.13. The molecule has 3 nitrogen and oxygen atoms in total. The Balaban J connectivity index is 2.05. The van der Waals surface area contributed by atoms with E-state index in [1.165, 1.54) is 16.7 Å². The summed E-state index contributed by atoms with van der Waals surface area (Å²) in [4.78, 5) is 0. The Bertz CT molecular complexity index is 599. The van der Waals surface area contributed by atoms with E-state index in [1.54, 1.807) is 6.26 Å². The molecule has 0 aliphatic heterocycles. The molecule has 0 atom stereocenters. The third kappa shape index (κ3) is 4.11. The molecule has 0 aliphatic rings. The fourth-order valence-electron chi connectivity index (χ4n) is 2.26. The molecule has 114 valence electrons. The van der Waals surface area contributed by atoms with Crippen LogP contribution < -0.4 is 10.1 Å². The number of ether oxygens (including phenoxy) is 1. The van der Waals surface area contributed by atoms with Crippen molar-refractivity contribution in [2.24, 2.45) is 0 Å². The minimum Gasteiger partial charge on any atom is -0.485 e. The Kier molecular flexibility index (Phi) is 5.07. The van der Waals surface area contributed by atoms with Crippen LogP contribution in [0.1, 0.15) is 41.9 Å². The van der Waals surface area contributed by atoms with E-state index in [9.17, 15) is 0 Å². The summed E-state index contributed by atoms with van der Waals surface area (Å²) in [5, 5.41) is 3.40. The molecule has 0 radical (unpaired) electrons. The molecule has 1 heterocycles. The van der Waals surface area contributed by atoms with Crippen LogP contribution in [-0.2, 0) is 13.2 Å². The molecule has 1 aromatic carbocycles. The fraction of sp³-hybridized carbons (Fsp3) is 0.444. The minimum absolute atomic E-state index is 0.454. The zero-order chi connectivity index (χ0) is 15.4. The first-order valence-corrected chi connectivity index (χ1v) is 7.46. The Labute approximate surface area is 127 Å². The van der Waals surface area contributed by atoms with Crippen molar-refractivity contribution in [2.45, 2.75) is 53.8 Å². The van der Waals surface area contributed by atoms with Crippen molar-refractivity contribution >= 4 is 0 Å². The van der Waals surface area contributed by atoms with E-state index in [4.69, 9.17) is 9.15 Å². The number of hydrogen-bond acceptors (Lipinski definition) is 3. The van der Waals surface area contributed by atoms with Crippen LogP contribution in [0, 0.1) is 20.8 Å². The molecule has 0 aliphatic carbocycles. The largest absolute Gasteiger partial charge is 0.485 e. The molecule has 1 aromatic heterocycles. The second kappa shape index (κ2) is 6.81. The molecule has 0 spiro atoms. The van der Waals surface area contributed by atoms with Crippen LogP contribution in [0.25, 0.3) is 0 Å². The lowest BCUT2D eigenvalue weighted by Crippen LogP contribution is -2.22. The molecule has 21 heavy (non-hydrogen) atoms. The van der Waals surface area contributed by atoms with Gasteiger partial charge in [-0.15, -0.1) is 0 Å². The molecular formula is C18H25NO2. The monoisotopic (exact) mass is 287 g/mol. The van der Waals surface area contributed by atoms with E-state index in [0.717, 1.165) is 23.6 Å². The molecule has 0 amide bonds. The Hall–Kier alpha value is -1.74. The van der Waals surface area contributed by atoms with Crippen molar-refractivity contribution < 1.29 is 9.15 Å². The fourth-order valence-corrected chi connectivity index (χ4v) is 2.26. The number of rotatable bonds is 6. The van der Waals surface area contributed by atoms with Crippen molar-refractivity contribution in [3.8, 4) is 5.75 Å². The molecule has 1 N–H and O–H groups in total. The van der Waals surface area contributed by atoms with Gasteiger partial charge in [-0.25, -0.2) is 0 Å². The van der Waals surface area contributed by atoms with Crippen molar-refractivity contribution in [1.29, 1.82) is 0 Å². The smallest absolute Gasteiger partial charge is 0.146 e. The van der Waals surface area contributed by atoms with E-state index in [-0.39, 0.29) is 0 Å². The van der Waals surface area contributed by atoms with Gasteiger partial charge in [0.1, 0.15) is 18.1 Å². The molecular weight excluding hydrogens is 262 g/mol. The van der Waals surface area contributed by atoms with Crippen LogP contribution in [0.15, 0.2) is 28.9 Å². The maximum Gasteiger partial charge on any atom is 0.146 e. The molecule has 0 unspecified atom stereocenters. The lowest BCUT2D eigenvalue weighted by molar-refractivity contribution is 0.266. The summed E-state index contributed by atoms with van der Waals surface area (Å²) in [6.45, 7) is 11.8. The van der Waals surface area contributed by atoms with Crippen molar-refractivity contribution in [3.63, 3.8) is 0 Å². The van der Waals surface area contributed by atoms with Gasteiger partial charge in [0.05, 0.1) is 6.26 Å². The van der Waals surface area contributed by atoms with Gasteiger partial charge >= 0.3 is 0 Å². The van der Waals surface area contributed by atoms with Crippen LogP contribution in [0.4, 0.5) is 0 Å².